The summed E-state index contributed by atoms with van der Waals surface area (Å²) in [5, 5.41) is 4.05. The number of fused-ring (bicyclic) bond motifs is 1. The van der Waals surface area contributed by atoms with Crippen LogP contribution in [0.15, 0.2) is 48.8 Å². The van der Waals surface area contributed by atoms with Gasteiger partial charge in [0.2, 0.25) is 0 Å². The Balaban J connectivity index is 1.81. The smallest absolute Gasteiger partial charge is 0.356 e. The Kier molecular flexibility index (Phi) is 4.49. The molecule has 1 heterocycles. The molecule has 0 aliphatic carbocycles. The van der Waals surface area contributed by atoms with Crippen molar-refractivity contribution >= 4 is 29.6 Å². The fraction of sp³-hybridized carbons (Fsp3) is 0.125. The minimum Gasteiger partial charge on any atom is -0.497 e. The Morgan fingerprint density at radius 3 is 2.54 bits per heavy atom. The van der Waals surface area contributed by atoms with Crippen molar-refractivity contribution in [3.63, 3.8) is 0 Å². The highest BCUT2D eigenvalue weighted by atomic mass is 31.2. The number of aromatic nitrogens is 2. The number of nitrogens with one attached hydrogen (secondary N) is 1. The molecular weight excluding hydrogens is 329 g/mol. The summed E-state index contributed by atoms with van der Waals surface area (Å²) in [7, 11) is -2.61. The molecule has 8 heteroatoms. The lowest BCUT2D eigenvalue weighted by atomic mass is 10.2. The van der Waals surface area contributed by atoms with Gasteiger partial charge in [0.1, 0.15) is 17.9 Å². The highest BCUT2D eigenvalue weighted by Crippen LogP contribution is 2.32. The van der Waals surface area contributed by atoms with Crippen LogP contribution in [0.1, 0.15) is 5.56 Å². The number of anilines is 1. The summed E-state index contributed by atoms with van der Waals surface area (Å²) < 4.78 is 16.4. The van der Waals surface area contributed by atoms with Crippen molar-refractivity contribution in [3.05, 3.63) is 54.4 Å². The highest BCUT2D eigenvalue weighted by molar-refractivity contribution is 7.60. The van der Waals surface area contributed by atoms with Crippen LogP contribution in [0.2, 0.25) is 0 Å². The van der Waals surface area contributed by atoms with E-state index in [9.17, 15) is 4.57 Å². The molecule has 0 amide bonds. The van der Waals surface area contributed by atoms with Gasteiger partial charge in [-0.25, -0.2) is 9.97 Å². The molecule has 0 atom stereocenters. The molecule has 1 aromatic heterocycles. The van der Waals surface area contributed by atoms with Crippen molar-refractivity contribution in [1.29, 1.82) is 0 Å². The van der Waals surface area contributed by atoms with Crippen molar-refractivity contribution < 1.29 is 19.1 Å². The van der Waals surface area contributed by atoms with E-state index in [-0.39, 0.29) is 5.30 Å². The van der Waals surface area contributed by atoms with Crippen molar-refractivity contribution in [2.45, 2.75) is 6.54 Å². The Hall–Kier alpha value is -2.47. The van der Waals surface area contributed by atoms with E-state index >= 15 is 0 Å². The van der Waals surface area contributed by atoms with Crippen LogP contribution in [0.4, 0.5) is 5.82 Å². The van der Waals surface area contributed by atoms with E-state index in [1.165, 1.54) is 18.5 Å². The molecule has 0 spiro atoms. The third-order valence-electron chi connectivity index (χ3n) is 3.58. The minimum atomic E-state index is -4.21. The predicted molar refractivity (Wildman–Crippen MR) is 91.5 cm³/mol. The van der Waals surface area contributed by atoms with Crippen LogP contribution >= 0.6 is 7.60 Å². The first-order chi connectivity index (χ1) is 11.5. The predicted octanol–water partition coefficient (Wildman–Crippen LogP) is 2.05. The van der Waals surface area contributed by atoms with Crippen LogP contribution in [-0.2, 0) is 11.1 Å². The third-order valence-corrected chi connectivity index (χ3v) is 4.55. The summed E-state index contributed by atoms with van der Waals surface area (Å²) in [5.41, 5.74) is 1.67. The van der Waals surface area contributed by atoms with Gasteiger partial charge in [0.25, 0.3) is 0 Å². The largest absolute Gasteiger partial charge is 0.497 e. The summed E-state index contributed by atoms with van der Waals surface area (Å²) in [6, 6.07) is 11.7. The van der Waals surface area contributed by atoms with Crippen LogP contribution in [0.5, 0.6) is 5.75 Å². The molecule has 0 saturated heterocycles. The average molecular weight is 345 g/mol. The van der Waals surface area contributed by atoms with Gasteiger partial charge in [0.05, 0.1) is 17.9 Å². The van der Waals surface area contributed by atoms with Gasteiger partial charge >= 0.3 is 7.60 Å². The van der Waals surface area contributed by atoms with E-state index in [1.807, 2.05) is 18.2 Å². The summed E-state index contributed by atoms with van der Waals surface area (Å²) in [6.07, 6.45) is 1.48. The summed E-state index contributed by atoms with van der Waals surface area (Å²) in [4.78, 5) is 26.7. The average Bonchev–Trinajstić information content (AvgIpc) is 2.59. The van der Waals surface area contributed by atoms with Crippen LogP contribution in [0.3, 0.4) is 0 Å². The molecule has 3 aromatic rings. The normalized spacial score (nSPS) is 11.5. The van der Waals surface area contributed by atoms with Crippen molar-refractivity contribution in [3.8, 4) is 5.75 Å². The molecule has 0 bridgehead atoms. The second-order valence-electron chi connectivity index (χ2n) is 5.17. The first-order valence-corrected chi connectivity index (χ1v) is 8.76. The number of hydrogen-bond donors (Lipinski definition) is 3. The van der Waals surface area contributed by atoms with E-state index in [0.29, 0.717) is 18.1 Å². The lowest BCUT2D eigenvalue weighted by Gasteiger charge is -2.10. The molecular formula is C16H16N3O4P. The Bertz CT molecular complexity index is 909. The number of methoxy groups -OCH3 is 1. The van der Waals surface area contributed by atoms with Crippen molar-refractivity contribution in [1.82, 2.24) is 9.97 Å². The molecule has 3 rings (SSSR count). The van der Waals surface area contributed by atoms with Crippen LogP contribution in [0.25, 0.3) is 10.9 Å². The molecule has 7 nitrogen and oxygen atoms in total. The Morgan fingerprint density at radius 2 is 1.88 bits per heavy atom. The molecule has 0 saturated carbocycles. The van der Waals surface area contributed by atoms with Gasteiger partial charge in [-0.05, 0) is 35.9 Å². The molecule has 0 aliphatic heterocycles. The SMILES string of the molecule is COc1ccc2ncnc(NCc3ccc(P(=O)(O)O)cc3)c2c1. The molecule has 0 unspecified atom stereocenters. The van der Waals surface area contributed by atoms with E-state index in [4.69, 9.17) is 14.5 Å². The molecule has 3 N–H and O–H groups in total. The zero-order chi connectivity index (χ0) is 17.2. The molecule has 0 radical (unpaired) electrons. The Morgan fingerprint density at radius 1 is 1.12 bits per heavy atom. The lowest BCUT2D eigenvalue weighted by molar-refractivity contribution is 0.387. The topological polar surface area (TPSA) is 105 Å². The van der Waals surface area contributed by atoms with Gasteiger partial charge in [-0.1, -0.05) is 12.1 Å². The highest BCUT2D eigenvalue weighted by Gasteiger charge is 2.16. The van der Waals surface area contributed by atoms with E-state index in [0.717, 1.165) is 16.5 Å². The maximum atomic E-state index is 11.2. The number of ether oxygens (including phenoxy) is 1. The van der Waals surface area contributed by atoms with Gasteiger partial charge in [0.15, 0.2) is 0 Å². The minimum absolute atomic E-state index is 0.00322. The lowest BCUT2D eigenvalue weighted by Crippen LogP contribution is -2.06. The van der Waals surface area contributed by atoms with Crippen LogP contribution in [0, 0.1) is 0 Å². The zero-order valence-electron chi connectivity index (χ0n) is 12.9. The molecule has 2 aromatic carbocycles. The molecule has 0 fully saturated rings. The summed E-state index contributed by atoms with van der Waals surface area (Å²) >= 11 is 0. The maximum absolute atomic E-state index is 11.2. The number of hydrogen-bond acceptors (Lipinski definition) is 5. The van der Waals surface area contributed by atoms with Crippen molar-refractivity contribution in [2.75, 3.05) is 12.4 Å². The third kappa shape index (κ3) is 3.54. The van der Waals surface area contributed by atoms with Gasteiger partial charge < -0.3 is 19.8 Å². The standard InChI is InChI=1S/C16H16N3O4P/c1-23-12-4-7-15-14(8-12)16(19-10-18-15)17-9-11-2-5-13(6-3-11)24(20,21)22/h2-8,10H,9H2,1H3,(H,17,18,19)(H2,20,21,22). The molecule has 124 valence electrons. The maximum Gasteiger partial charge on any atom is 0.356 e. The summed E-state index contributed by atoms with van der Waals surface area (Å²) in [6.45, 7) is 0.463. The fourth-order valence-electron chi connectivity index (χ4n) is 2.30. The number of nitrogens with zero attached hydrogens (tertiary/aromatic N) is 2. The second kappa shape index (κ2) is 6.57. The van der Waals surface area contributed by atoms with E-state index in [2.05, 4.69) is 15.3 Å². The first kappa shape index (κ1) is 16.4. The van der Waals surface area contributed by atoms with Crippen molar-refractivity contribution in [2.24, 2.45) is 0 Å². The Labute approximate surface area is 138 Å². The number of benzene rings is 2. The monoisotopic (exact) mass is 345 g/mol. The molecule has 24 heavy (non-hydrogen) atoms. The van der Waals surface area contributed by atoms with Gasteiger partial charge in [-0.15, -0.1) is 0 Å². The van der Waals surface area contributed by atoms with Gasteiger partial charge in [-0.3, -0.25) is 4.57 Å². The summed E-state index contributed by atoms with van der Waals surface area (Å²) in [5.74, 6) is 1.38. The van der Waals surface area contributed by atoms with Gasteiger partial charge in [0, 0.05) is 11.9 Å². The van der Waals surface area contributed by atoms with Gasteiger partial charge in [-0.2, -0.15) is 0 Å². The van der Waals surface area contributed by atoms with E-state index < -0.39 is 7.60 Å². The van der Waals surface area contributed by atoms with Crippen LogP contribution < -0.4 is 15.4 Å². The zero-order valence-corrected chi connectivity index (χ0v) is 13.8. The van der Waals surface area contributed by atoms with Crippen LogP contribution in [-0.4, -0.2) is 26.9 Å². The second-order valence-corrected chi connectivity index (χ2v) is 6.77. The fourth-order valence-corrected chi connectivity index (χ4v) is 2.83. The molecule has 0 aliphatic rings. The number of rotatable bonds is 5. The van der Waals surface area contributed by atoms with E-state index in [1.54, 1.807) is 19.2 Å². The first-order valence-electron chi connectivity index (χ1n) is 7.15. The quantitative estimate of drug-likeness (QED) is 0.608.